The van der Waals surface area contributed by atoms with Crippen LogP contribution >= 0.6 is 10.7 Å². The van der Waals surface area contributed by atoms with Gasteiger partial charge in [0.15, 0.2) is 24.0 Å². The molecule has 1 aromatic rings. The Kier molecular flexibility index (Phi) is 4.38. The Hall–Kier alpha value is -1.41. The highest BCUT2D eigenvalue weighted by Gasteiger charge is 2.30. The van der Waals surface area contributed by atoms with Crippen LogP contribution in [0.2, 0.25) is 0 Å². The second kappa shape index (κ2) is 5.76. The largest absolute Gasteiger partial charge is 0.478 e. The maximum atomic E-state index is 13.7. The molecular weight excluding hydrogens is 328 g/mol. The van der Waals surface area contributed by atoms with Crippen LogP contribution in [0.25, 0.3) is 0 Å². The fraction of sp³-hybridized carbons (Fsp3) is 0.417. The molecule has 0 spiro atoms. The van der Waals surface area contributed by atoms with Gasteiger partial charge in [0.2, 0.25) is 0 Å². The van der Waals surface area contributed by atoms with Gasteiger partial charge in [-0.05, 0) is 25.0 Å². The van der Waals surface area contributed by atoms with E-state index >= 15 is 0 Å². The Morgan fingerprint density at radius 3 is 2.33 bits per heavy atom. The van der Waals surface area contributed by atoms with Crippen LogP contribution in [-0.2, 0) is 13.8 Å². The van der Waals surface area contributed by atoms with E-state index in [1.165, 1.54) is 4.90 Å². The SMILES string of the molecule is CN(C(=O)COc1c(F)cc(S(=O)(=O)Cl)cc1F)C1CC1. The molecule has 1 fully saturated rings. The van der Waals surface area contributed by atoms with E-state index < -0.39 is 43.8 Å². The van der Waals surface area contributed by atoms with Crippen molar-refractivity contribution in [1.29, 1.82) is 0 Å². The molecular formula is C12H12ClF2NO4S. The standard InChI is InChI=1S/C12H12ClF2NO4S/c1-16(7-2-3-7)11(17)6-20-12-9(14)4-8(5-10(12)15)21(13,18)19/h4-5,7H,2-3,6H2,1H3. The number of halogens is 3. The molecule has 116 valence electrons. The molecule has 2 rings (SSSR count). The summed E-state index contributed by atoms with van der Waals surface area (Å²) >= 11 is 0. The molecule has 1 amide bonds. The van der Waals surface area contributed by atoms with Gasteiger partial charge in [-0.15, -0.1) is 0 Å². The monoisotopic (exact) mass is 339 g/mol. The molecule has 0 aromatic heterocycles. The van der Waals surface area contributed by atoms with E-state index in [2.05, 4.69) is 0 Å². The van der Waals surface area contributed by atoms with Crippen LogP contribution in [0, 0.1) is 11.6 Å². The maximum absolute atomic E-state index is 13.7. The van der Waals surface area contributed by atoms with E-state index in [0.29, 0.717) is 12.1 Å². The van der Waals surface area contributed by atoms with Crippen molar-refractivity contribution in [3.63, 3.8) is 0 Å². The number of amides is 1. The van der Waals surface area contributed by atoms with Crippen molar-refractivity contribution < 1.29 is 26.7 Å². The molecule has 0 unspecified atom stereocenters. The minimum Gasteiger partial charge on any atom is -0.478 e. The van der Waals surface area contributed by atoms with Crippen LogP contribution < -0.4 is 4.74 Å². The topological polar surface area (TPSA) is 63.7 Å². The van der Waals surface area contributed by atoms with Gasteiger partial charge >= 0.3 is 0 Å². The molecule has 0 bridgehead atoms. The van der Waals surface area contributed by atoms with Gasteiger partial charge in [-0.25, -0.2) is 17.2 Å². The van der Waals surface area contributed by atoms with Crippen LogP contribution in [0.3, 0.4) is 0 Å². The molecule has 5 nitrogen and oxygen atoms in total. The van der Waals surface area contributed by atoms with Crippen LogP contribution in [0.5, 0.6) is 5.75 Å². The first-order valence-corrected chi connectivity index (χ1v) is 8.33. The second-order valence-electron chi connectivity index (χ2n) is 4.68. The summed E-state index contributed by atoms with van der Waals surface area (Å²) in [6, 6.07) is 1.23. The number of benzene rings is 1. The summed E-state index contributed by atoms with van der Waals surface area (Å²) in [5, 5.41) is 0. The molecule has 1 aliphatic rings. The number of carbonyl (C=O) groups excluding carboxylic acids is 1. The van der Waals surface area contributed by atoms with Gasteiger partial charge in [-0.3, -0.25) is 4.79 Å². The lowest BCUT2D eigenvalue weighted by Crippen LogP contribution is -2.33. The van der Waals surface area contributed by atoms with E-state index in [1.807, 2.05) is 0 Å². The highest BCUT2D eigenvalue weighted by Crippen LogP contribution is 2.28. The minimum atomic E-state index is -4.25. The number of carbonyl (C=O) groups is 1. The molecule has 0 atom stereocenters. The summed E-state index contributed by atoms with van der Waals surface area (Å²) in [6.45, 7) is -0.534. The zero-order chi connectivity index (χ0) is 15.8. The normalized spacial score (nSPS) is 14.9. The van der Waals surface area contributed by atoms with E-state index in [0.717, 1.165) is 12.8 Å². The quantitative estimate of drug-likeness (QED) is 0.769. The van der Waals surface area contributed by atoms with Crippen molar-refractivity contribution in [1.82, 2.24) is 4.90 Å². The van der Waals surface area contributed by atoms with Crippen LogP contribution in [0.1, 0.15) is 12.8 Å². The van der Waals surface area contributed by atoms with Crippen LogP contribution in [0.4, 0.5) is 8.78 Å². The molecule has 0 radical (unpaired) electrons. The van der Waals surface area contributed by atoms with Gasteiger partial charge in [0.05, 0.1) is 4.90 Å². The van der Waals surface area contributed by atoms with Crippen LogP contribution in [-0.4, -0.2) is 38.9 Å². The van der Waals surface area contributed by atoms with Crippen molar-refractivity contribution in [3.05, 3.63) is 23.8 Å². The predicted molar refractivity (Wildman–Crippen MR) is 70.7 cm³/mol. The first kappa shape index (κ1) is 16.0. The summed E-state index contributed by atoms with van der Waals surface area (Å²) in [6.07, 6.45) is 1.79. The third-order valence-electron chi connectivity index (χ3n) is 3.08. The van der Waals surface area contributed by atoms with Gasteiger partial charge in [0.1, 0.15) is 0 Å². The zero-order valence-electron chi connectivity index (χ0n) is 11.0. The van der Waals surface area contributed by atoms with E-state index in [1.54, 1.807) is 7.05 Å². The summed E-state index contributed by atoms with van der Waals surface area (Å²) < 4.78 is 54.2. The molecule has 21 heavy (non-hydrogen) atoms. The summed E-state index contributed by atoms with van der Waals surface area (Å²) in [4.78, 5) is 12.4. The Bertz CT molecular complexity index is 653. The van der Waals surface area contributed by atoms with Crippen molar-refractivity contribution in [2.45, 2.75) is 23.8 Å². The first-order chi connectivity index (χ1) is 9.70. The third kappa shape index (κ3) is 3.82. The number of rotatable bonds is 5. The number of hydrogen-bond donors (Lipinski definition) is 0. The van der Waals surface area contributed by atoms with E-state index in [9.17, 15) is 22.0 Å². The summed E-state index contributed by atoms with van der Waals surface area (Å²) in [7, 11) is 2.33. The number of hydrogen-bond acceptors (Lipinski definition) is 4. The zero-order valence-corrected chi connectivity index (χ0v) is 12.5. The predicted octanol–water partition coefficient (Wildman–Crippen LogP) is 1.89. The maximum Gasteiger partial charge on any atom is 0.261 e. The minimum absolute atomic E-state index is 0.152. The molecule has 9 heteroatoms. The molecule has 1 aliphatic carbocycles. The first-order valence-electron chi connectivity index (χ1n) is 6.02. The lowest BCUT2D eigenvalue weighted by molar-refractivity contribution is -0.132. The van der Waals surface area contributed by atoms with E-state index in [-0.39, 0.29) is 6.04 Å². The van der Waals surface area contributed by atoms with Crippen molar-refractivity contribution in [2.75, 3.05) is 13.7 Å². The average Bonchev–Trinajstić information content (AvgIpc) is 3.19. The lowest BCUT2D eigenvalue weighted by Gasteiger charge is -2.16. The van der Waals surface area contributed by atoms with Crippen molar-refractivity contribution in [3.8, 4) is 5.75 Å². The van der Waals surface area contributed by atoms with Gasteiger partial charge in [0.25, 0.3) is 15.0 Å². The fourth-order valence-corrected chi connectivity index (χ4v) is 2.47. The van der Waals surface area contributed by atoms with Crippen LogP contribution in [0.15, 0.2) is 17.0 Å². The fourth-order valence-electron chi connectivity index (χ4n) is 1.72. The number of nitrogens with zero attached hydrogens (tertiary/aromatic N) is 1. The Balaban J connectivity index is 2.11. The molecule has 0 N–H and O–H groups in total. The molecule has 1 aromatic carbocycles. The summed E-state index contributed by atoms with van der Waals surface area (Å²) in [5.74, 6) is -3.70. The number of likely N-dealkylation sites (N-methyl/N-ethyl adjacent to an activating group) is 1. The highest BCUT2D eigenvalue weighted by atomic mass is 35.7. The smallest absolute Gasteiger partial charge is 0.261 e. The summed E-state index contributed by atoms with van der Waals surface area (Å²) in [5.41, 5.74) is 0. The highest BCUT2D eigenvalue weighted by molar-refractivity contribution is 8.13. The molecule has 1 saturated carbocycles. The van der Waals surface area contributed by atoms with Crippen molar-refractivity contribution >= 4 is 25.6 Å². The molecule has 0 heterocycles. The Morgan fingerprint density at radius 2 is 1.90 bits per heavy atom. The second-order valence-corrected chi connectivity index (χ2v) is 7.24. The van der Waals surface area contributed by atoms with E-state index in [4.69, 9.17) is 15.4 Å². The Labute approximate surface area is 124 Å². The van der Waals surface area contributed by atoms with Gasteiger partial charge in [-0.2, -0.15) is 0 Å². The Morgan fingerprint density at radius 1 is 1.38 bits per heavy atom. The van der Waals surface area contributed by atoms with Gasteiger partial charge < -0.3 is 9.64 Å². The lowest BCUT2D eigenvalue weighted by atomic mass is 10.3. The van der Waals surface area contributed by atoms with Gasteiger partial charge in [-0.1, -0.05) is 0 Å². The number of ether oxygens (including phenoxy) is 1. The molecule has 0 saturated heterocycles. The van der Waals surface area contributed by atoms with Crippen molar-refractivity contribution in [2.24, 2.45) is 0 Å². The molecule has 0 aliphatic heterocycles. The third-order valence-corrected chi connectivity index (χ3v) is 4.41. The average molecular weight is 340 g/mol. The van der Waals surface area contributed by atoms with Gasteiger partial charge in [0, 0.05) is 23.8 Å².